The first-order valence-electron chi connectivity index (χ1n) is 5.90. The second kappa shape index (κ2) is 7.67. The number of nitrogens with one attached hydrogen (secondary N) is 1. The van der Waals surface area contributed by atoms with Crippen molar-refractivity contribution >= 4 is 28.8 Å². The predicted octanol–water partition coefficient (Wildman–Crippen LogP) is 2.94. The summed E-state index contributed by atoms with van der Waals surface area (Å²) < 4.78 is 0. The second-order valence-electron chi connectivity index (χ2n) is 4.22. The fourth-order valence-corrected chi connectivity index (χ4v) is 2.35. The Hall–Kier alpha value is -0.610. The third-order valence-electron chi connectivity index (χ3n) is 2.30. The van der Waals surface area contributed by atoms with Crippen LogP contribution < -0.4 is 5.32 Å². The molecular weight excluding hydrogens is 256 g/mol. The largest absolute Gasteiger partial charge is 0.356 e. The summed E-state index contributed by atoms with van der Waals surface area (Å²) in [5.74, 6) is 1.09. The van der Waals surface area contributed by atoms with Crippen molar-refractivity contribution in [1.82, 2.24) is 10.3 Å². The Balaban J connectivity index is 2.23. The van der Waals surface area contributed by atoms with Gasteiger partial charge in [-0.05, 0) is 6.42 Å². The van der Waals surface area contributed by atoms with Gasteiger partial charge in [-0.15, -0.1) is 22.9 Å². The molecule has 0 aliphatic heterocycles. The van der Waals surface area contributed by atoms with Crippen LogP contribution in [-0.2, 0) is 11.2 Å². The molecule has 1 aromatic heterocycles. The van der Waals surface area contributed by atoms with Crippen LogP contribution in [0.4, 0.5) is 0 Å². The van der Waals surface area contributed by atoms with Gasteiger partial charge in [0.1, 0.15) is 0 Å². The Labute approximate surface area is 112 Å². The molecule has 1 heterocycles. The van der Waals surface area contributed by atoms with Crippen LogP contribution in [0, 0.1) is 0 Å². The Morgan fingerprint density at radius 3 is 2.94 bits per heavy atom. The van der Waals surface area contributed by atoms with Gasteiger partial charge in [-0.1, -0.05) is 13.8 Å². The lowest BCUT2D eigenvalue weighted by Crippen LogP contribution is -2.25. The molecule has 3 nitrogen and oxygen atoms in total. The monoisotopic (exact) mass is 274 g/mol. The van der Waals surface area contributed by atoms with Gasteiger partial charge in [0.2, 0.25) is 5.91 Å². The minimum Gasteiger partial charge on any atom is -0.356 e. The molecule has 1 amide bonds. The average Bonchev–Trinajstić information content (AvgIpc) is 2.75. The maximum Gasteiger partial charge on any atom is 0.220 e. The van der Waals surface area contributed by atoms with E-state index in [9.17, 15) is 4.79 Å². The molecule has 0 aromatic carbocycles. The summed E-state index contributed by atoms with van der Waals surface area (Å²) in [4.78, 5) is 15.8. The molecule has 5 heteroatoms. The summed E-state index contributed by atoms with van der Waals surface area (Å²) in [5.41, 5.74) is 1.07. The van der Waals surface area contributed by atoms with Crippen molar-refractivity contribution in [1.29, 1.82) is 0 Å². The zero-order chi connectivity index (χ0) is 12.7. The maximum absolute atomic E-state index is 11.3. The highest BCUT2D eigenvalue weighted by Crippen LogP contribution is 2.19. The third kappa shape index (κ3) is 5.50. The van der Waals surface area contributed by atoms with E-state index < -0.39 is 0 Å². The van der Waals surface area contributed by atoms with Gasteiger partial charge >= 0.3 is 0 Å². The molecule has 96 valence electrons. The quantitative estimate of drug-likeness (QED) is 0.777. The minimum absolute atomic E-state index is 0.0740. The molecule has 0 saturated carbocycles. The number of alkyl halides is 1. The maximum atomic E-state index is 11.3. The Morgan fingerprint density at radius 2 is 2.35 bits per heavy atom. The molecule has 0 bridgehead atoms. The fourth-order valence-electron chi connectivity index (χ4n) is 1.35. The van der Waals surface area contributed by atoms with Crippen molar-refractivity contribution in [3.63, 3.8) is 0 Å². The van der Waals surface area contributed by atoms with Crippen molar-refractivity contribution < 1.29 is 4.79 Å². The lowest BCUT2D eigenvalue weighted by Gasteiger charge is -2.02. The van der Waals surface area contributed by atoms with Gasteiger partial charge in [-0.3, -0.25) is 4.79 Å². The first kappa shape index (κ1) is 14.5. The van der Waals surface area contributed by atoms with Crippen LogP contribution in [0.15, 0.2) is 5.38 Å². The van der Waals surface area contributed by atoms with Crippen molar-refractivity contribution in [2.75, 3.05) is 12.4 Å². The SMILES string of the molecule is CC(C)c1nc(CCNC(=O)CCCCl)cs1. The van der Waals surface area contributed by atoms with Gasteiger partial charge in [-0.2, -0.15) is 0 Å². The van der Waals surface area contributed by atoms with E-state index in [0.717, 1.165) is 23.5 Å². The van der Waals surface area contributed by atoms with Crippen LogP contribution in [0.25, 0.3) is 0 Å². The Morgan fingerprint density at radius 1 is 1.59 bits per heavy atom. The summed E-state index contributed by atoms with van der Waals surface area (Å²) in [6.45, 7) is 4.93. The summed E-state index contributed by atoms with van der Waals surface area (Å²) in [7, 11) is 0. The number of carbonyl (C=O) groups is 1. The van der Waals surface area contributed by atoms with E-state index >= 15 is 0 Å². The van der Waals surface area contributed by atoms with Crippen LogP contribution in [-0.4, -0.2) is 23.3 Å². The van der Waals surface area contributed by atoms with E-state index in [1.807, 2.05) is 0 Å². The van der Waals surface area contributed by atoms with Gasteiger partial charge in [0, 0.05) is 36.6 Å². The summed E-state index contributed by atoms with van der Waals surface area (Å²) >= 11 is 7.21. The van der Waals surface area contributed by atoms with E-state index in [-0.39, 0.29) is 5.91 Å². The van der Waals surface area contributed by atoms with E-state index in [1.165, 1.54) is 0 Å². The van der Waals surface area contributed by atoms with Gasteiger partial charge in [0.15, 0.2) is 0 Å². The van der Waals surface area contributed by atoms with Crippen LogP contribution in [0.2, 0.25) is 0 Å². The molecule has 1 N–H and O–H groups in total. The number of aromatic nitrogens is 1. The number of halogens is 1. The number of rotatable bonds is 7. The normalized spacial score (nSPS) is 10.8. The van der Waals surface area contributed by atoms with Crippen LogP contribution in [0.1, 0.15) is 43.3 Å². The topological polar surface area (TPSA) is 42.0 Å². The molecular formula is C12H19ClN2OS. The highest BCUT2D eigenvalue weighted by molar-refractivity contribution is 7.09. The highest BCUT2D eigenvalue weighted by Gasteiger charge is 2.06. The van der Waals surface area contributed by atoms with E-state index in [1.54, 1.807) is 11.3 Å². The van der Waals surface area contributed by atoms with Crippen LogP contribution >= 0.6 is 22.9 Å². The first-order chi connectivity index (χ1) is 8.13. The van der Waals surface area contributed by atoms with Crippen LogP contribution in [0.3, 0.4) is 0 Å². The zero-order valence-electron chi connectivity index (χ0n) is 10.3. The lowest BCUT2D eigenvalue weighted by atomic mass is 10.2. The van der Waals surface area contributed by atoms with E-state index in [4.69, 9.17) is 11.6 Å². The van der Waals surface area contributed by atoms with Crippen LogP contribution in [0.5, 0.6) is 0 Å². The van der Waals surface area contributed by atoms with E-state index in [2.05, 4.69) is 29.5 Å². The average molecular weight is 275 g/mol. The summed E-state index contributed by atoms with van der Waals surface area (Å²) in [6.07, 6.45) is 2.05. The molecule has 17 heavy (non-hydrogen) atoms. The molecule has 0 radical (unpaired) electrons. The molecule has 0 aliphatic carbocycles. The van der Waals surface area contributed by atoms with Gasteiger partial charge in [-0.25, -0.2) is 4.98 Å². The molecule has 1 aromatic rings. The Bertz CT molecular complexity index is 352. The molecule has 0 atom stereocenters. The molecule has 0 unspecified atom stereocenters. The molecule has 1 rings (SSSR count). The number of hydrogen-bond donors (Lipinski definition) is 1. The predicted molar refractivity (Wildman–Crippen MR) is 72.9 cm³/mol. The summed E-state index contributed by atoms with van der Waals surface area (Å²) in [6, 6.07) is 0. The lowest BCUT2D eigenvalue weighted by molar-refractivity contribution is -0.121. The van der Waals surface area contributed by atoms with Crippen molar-refractivity contribution in [2.45, 2.75) is 39.0 Å². The standard InChI is InChI=1S/C12H19ClN2OS/c1-9(2)12-15-10(8-17-12)5-7-14-11(16)4-3-6-13/h8-9H,3-7H2,1-2H3,(H,14,16). The number of thiazole rings is 1. The van der Waals surface area contributed by atoms with Gasteiger partial charge < -0.3 is 5.32 Å². The number of nitrogens with zero attached hydrogens (tertiary/aromatic N) is 1. The highest BCUT2D eigenvalue weighted by atomic mass is 35.5. The molecule has 0 fully saturated rings. The smallest absolute Gasteiger partial charge is 0.220 e. The van der Waals surface area contributed by atoms with Gasteiger partial charge in [0.05, 0.1) is 10.7 Å². The number of hydrogen-bond acceptors (Lipinski definition) is 3. The van der Waals surface area contributed by atoms with Gasteiger partial charge in [0.25, 0.3) is 0 Å². The second-order valence-corrected chi connectivity index (χ2v) is 5.49. The summed E-state index contributed by atoms with van der Waals surface area (Å²) in [5, 5.41) is 6.10. The fraction of sp³-hybridized carbons (Fsp3) is 0.667. The Kier molecular flexibility index (Phi) is 6.52. The van der Waals surface area contributed by atoms with Crippen molar-refractivity contribution in [2.24, 2.45) is 0 Å². The molecule has 0 aliphatic rings. The minimum atomic E-state index is 0.0740. The van der Waals surface area contributed by atoms with Crippen molar-refractivity contribution in [3.05, 3.63) is 16.1 Å². The third-order valence-corrected chi connectivity index (χ3v) is 3.77. The molecule has 0 saturated heterocycles. The number of amides is 1. The first-order valence-corrected chi connectivity index (χ1v) is 7.32. The van der Waals surface area contributed by atoms with E-state index in [0.29, 0.717) is 24.8 Å². The van der Waals surface area contributed by atoms with Crippen molar-refractivity contribution in [3.8, 4) is 0 Å². The molecule has 0 spiro atoms. The number of carbonyl (C=O) groups excluding carboxylic acids is 1. The zero-order valence-corrected chi connectivity index (χ0v) is 11.9.